The molecule has 0 saturated carbocycles. The zero-order valence-corrected chi connectivity index (χ0v) is 16.5. The SMILES string of the molecule is CC(C)CC(NC(=O)CN)C(=O)NC(C(=O)N1CCCC1C(=O)O)C(C)C. The first-order chi connectivity index (χ1) is 12.6. The number of amides is 3. The van der Waals surface area contributed by atoms with Gasteiger partial charge in [0.25, 0.3) is 0 Å². The molecular formula is C18H32N4O5. The molecule has 3 amide bonds. The quantitative estimate of drug-likeness (QED) is 0.430. The number of carbonyl (C=O) groups is 4. The van der Waals surface area contributed by atoms with Crippen LogP contribution in [0, 0.1) is 11.8 Å². The highest BCUT2D eigenvalue weighted by atomic mass is 16.4. The largest absolute Gasteiger partial charge is 0.480 e. The molecule has 1 aliphatic rings. The van der Waals surface area contributed by atoms with E-state index in [0.717, 1.165) is 0 Å². The summed E-state index contributed by atoms with van der Waals surface area (Å²) in [6.07, 6.45) is 1.42. The Bertz CT molecular complexity index is 564. The Hall–Kier alpha value is -2.16. The molecule has 1 fully saturated rings. The van der Waals surface area contributed by atoms with Crippen LogP contribution in [0.4, 0.5) is 0 Å². The van der Waals surface area contributed by atoms with Crippen LogP contribution < -0.4 is 16.4 Å². The Balaban J connectivity index is 2.92. The van der Waals surface area contributed by atoms with Gasteiger partial charge in [0.05, 0.1) is 6.54 Å². The van der Waals surface area contributed by atoms with E-state index in [2.05, 4.69) is 10.6 Å². The first kappa shape index (κ1) is 22.9. The maximum Gasteiger partial charge on any atom is 0.326 e. The highest BCUT2D eigenvalue weighted by Crippen LogP contribution is 2.20. The summed E-state index contributed by atoms with van der Waals surface area (Å²) in [4.78, 5) is 50.0. The Kier molecular flexibility index (Phi) is 8.68. The Morgan fingerprint density at radius 2 is 1.78 bits per heavy atom. The summed E-state index contributed by atoms with van der Waals surface area (Å²) in [5.41, 5.74) is 5.32. The number of nitrogens with two attached hydrogens (primary N) is 1. The van der Waals surface area contributed by atoms with Crippen LogP contribution in [-0.2, 0) is 19.2 Å². The number of hydrogen-bond acceptors (Lipinski definition) is 5. The summed E-state index contributed by atoms with van der Waals surface area (Å²) < 4.78 is 0. The third-order valence-electron chi connectivity index (χ3n) is 4.60. The van der Waals surface area contributed by atoms with Crippen molar-refractivity contribution < 1.29 is 24.3 Å². The fraction of sp³-hybridized carbons (Fsp3) is 0.778. The number of likely N-dealkylation sites (tertiary alicyclic amines) is 1. The van der Waals surface area contributed by atoms with Crippen LogP contribution in [0.2, 0.25) is 0 Å². The van der Waals surface area contributed by atoms with Gasteiger partial charge in [-0.2, -0.15) is 0 Å². The predicted octanol–water partition coefficient (Wildman–Crippen LogP) is -0.308. The van der Waals surface area contributed by atoms with Gasteiger partial charge < -0.3 is 26.4 Å². The molecular weight excluding hydrogens is 352 g/mol. The molecule has 0 bridgehead atoms. The zero-order valence-electron chi connectivity index (χ0n) is 16.5. The summed E-state index contributed by atoms with van der Waals surface area (Å²) in [5, 5.41) is 14.6. The van der Waals surface area contributed by atoms with E-state index in [-0.39, 0.29) is 18.4 Å². The third kappa shape index (κ3) is 6.50. The average molecular weight is 384 g/mol. The van der Waals surface area contributed by atoms with Crippen molar-refractivity contribution >= 4 is 23.7 Å². The van der Waals surface area contributed by atoms with Gasteiger partial charge in [-0.05, 0) is 31.1 Å². The summed E-state index contributed by atoms with van der Waals surface area (Å²) >= 11 is 0. The molecule has 9 heteroatoms. The van der Waals surface area contributed by atoms with Gasteiger partial charge in [-0.1, -0.05) is 27.7 Å². The molecule has 1 heterocycles. The van der Waals surface area contributed by atoms with Crippen LogP contribution in [0.15, 0.2) is 0 Å². The maximum absolute atomic E-state index is 12.9. The number of rotatable bonds is 9. The van der Waals surface area contributed by atoms with E-state index in [4.69, 9.17) is 5.73 Å². The molecule has 0 aromatic carbocycles. The second-order valence-electron chi connectivity index (χ2n) is 7.71. The lowest BCUT2D eigenvalue weighted by molar-refractivity contribution is -0.150. The van der Waals surface area contributed by atoms with Crippen LogP contribution >= 0.6 is 0 Å². The minimum Gasteiger partial charge on any atom is -0.480 e. The number of hydrogen-bond donors (Lipinski definition) is 4. The van der Waals surface area contributed by atoms with Crippen molar-refractivity contribution in [2.75, 3.05) is 13.1 Å². The summed E-state index contributed by atoms with van der Waals surface area (Å²) in [6.45, 7) is 7.52. The molecule has 0 aromatic heterocycles. The number of nitrogens with zero attached hydrogens (tertiary/aromatic N) is 1. The lowest BCUT2D eigenvalue weighted by Gasteiger charge is -2.31. The number of carboxylic acids is 1. The molecule has 1 saturated heterocycles. The Morgan fingerprint density at radius 1 is 1.15 bits per heavy atom. The lowest BCUT2D eigenvalue weighted by Crippen LogP contribution is -2.58. The van der Waals surface area contributed by atoms with Crippen LogP contribution in [0.3, 0.4) is 0 Å². The summed E-state index contributed by atoms with van der Waals surface area (Å²) in [7, 11) is 0. The normalized spacial score (nSPS) is 19.1. The summed E-state index contributed by atoms with van der Waals surface area (Å²) in [5.74, 6) is -2.46. The molecule has 27 heavy (non-hydrogen) atoms. The topological polar surface area (TPSA) is 142 Å². The van der Waals surface area contributed by atoms with Gasteiger partial charge in [-0.3, -0.25) is 14.4 Å². The molecule has 0 spiro atoms. The van der Waals surface area contributed by atoms with E-state index in [1.54, 1.807) is 13.8 Å². The fourth-order valence-electron chi connectivity index (χ4n) is 3.19. The van der Waals surface area contributed by atoms with Gasteiger partial charge in [0.1, 0.15) is 18.1 Å². The molecule has 1 rings (SSSR count). The smallest absolute Gasteiger partial charge is 0.326 e. The highest BCUT2D eigenvalue weighted by Gasteiger charge is 2.39. The molecule has 9 nitrogen and oxygen atoms in total. The van der Waals surface area contributed by atoms with Crippen molar-refractivity contribution in [2.24, 2.45) is 17.6 Å². The first-order valence-electron chi connectivity index (χ1n) is 9.41. The highest BCUT2D eigenvalue weighted by molar-refractivity contribution is 5.94. The van der Waals surface area contributed by atoms with Crippen molar-refractivity contribution in [1.82, 2.24) is 15.5 Å². The van der Waals surface area contributed by atoms with Crippen LogP contribution in [0.1, 0.15) is 47.0 Å². The van der Waals surface area contributed by atoms with E-state index < -0.39 is 41.8 Å². The monoisotopic (exact) mass is 384 g/mol. The standard InChI is InChI=1S/C18H32N4O5/c1-10(2)8-12(20-14(23)9-19)16(24)21-15(11(3)4)17(25)22-7-5-6-13(22)18(26)27/h10-13,15H,5-9,19H2,1-4H3,(H,20,23)(H,21,24)(H,26,27). The van der Waals surface area contributed by atoms with Gasteiger partial charge in [0.2, 0.25) is 17.7 Å². The molecule has 0 aromatic rings. The Labute approximate surface area is 160 Å². The van der Waals surface area contributed by atoms with E-state index in [1.807, 2.05) is 13.8 Å². The number of aliphatic carboxylic acids is 1. The van der Waals surface area contributed by atoms with E-state index in [9.17, 15) is 24.3 Å². The second kappa shape index (κ2) is 10.2. The van der Waals surface area contributed by atoms with Gasteiger partial charge in [0, 0.05) is 6.54 Å². The number of carboxylic acid groups (broad SMARTS) is 1. The van der Waals surface area contributed by atoms with Crippen LogP contribution in [0.25, 0.3) is 0 Å². The third-order valence-corrected chi connectivity index (χ3v) is 4.60. The number of carbonyl (C=O) groups excluding carboxylic acids is 3. The van der Waals surface area contributed by atoms with Gasteiger partial charge >= 0.3 is 5.97 Å². The van der Waals surface area contributed by atoms with E-state index in [0.29, 0.717) is 25.8 Å². The maximum atomic E-state index is 12.9. The molecule has 0 aliphatic carbocycles. The molecule has 3 atom stereocenters. The van der Waals surface area contributed by atoms with Crippen molar-refractivity contribution in [2.45, 2.75) is 65.1 Å². The van der Waals surface area contributed by atoms with Gasteiger partial charge in [-0.15, -0.1) is 0 Å². The van der Waals surface area contributed by atoms with Gasteiger partial charge in [0.15, 0.2) is 0 Å². The van der Waals surface area contributed by atoms with Crippen LogP contribution in [0.5, 0.6) is 0 Å². The predicted molar refractivity (Wildman–Crippen MR) is 99.6 cm³/mol. The summed E-state index contributed by atoms with van der Waals surface area (Å²) in [6, 6.07) is -2.52. The van der Waals surface area contributed by atoms with E-state index >= 15 is 0 Å². The van der Waals surface area contributed by atoms with Crippen molar-refractivity contribution in [3.63, 3.8) is 0 Å². The van der Waals surface area contributed by atoms with E-state index in [1.165, 1.54) is 4.90 Å². The average Bonchev–Trinajstić information content (AvgIpc) is 3.07. The molecule has 154 valence electrons. The molecule has 5 N–H and O–H groups in total. The molecule has 1 aliphatic heterocycles. The van der Waals surface area contributed by atoms with Gasteiger partial charge in [-0.25, -0.2) is 4.79 Å². The minimum atomic E-state index is -1.04. The minimum absolute atomic E-state index is 0.141. The van der Waals surface area contributed by atoms with Crippen LogP contribution in [-0.4, -0.2) is 64.9 Å². The van der Waals surface area contributed by atoms with Crippen molar-refractivity contribution in [3.8, 4) is 0 Å². The number of nitrogens with one attached hydrogen (secondary N) is 2. The zero-order chi connectivity index (χ0) is 20.7. The fourth-order valence-corrected chi connectivity index (χ4v) is 3.19. The second-order valence-corrected chi connectivity index (χ2v) is 7.71. The van der Waals surface area contributed by atoms with Crippen molar-refractivity contribution in [1.29, 1.82) is 0 Å². The first-order valence-corrected chi connectivity index (χ1v) is 9.41. The lowest BCUT2D eigenvalue weighted by atomic mass is 9.99. The Morgan fingerprint density at radius 3 is 2.26 bits per heavy atom. The van der Waals surface area contributed by atoms with Crippen molar-refractivity contribution in [3.05, 3.63) is 0 Å². The molecule has 3 unspecified atom stereocenters. The molecule has 0 radical (unpaired) electrons.